The van der Waals surface area contributed by atoms with Gasteiger partial charge in [-0.05, 0) is 71.4 Å². The Morgan fingerprint density at radius 3 is 2.31 bits per heavy atom. The third kappa shape index (κ3) is 2.43. The van der Waals surface area contributed by atoms with Crippen LogP contribution in [0.2, 0.25) is 0 Å². The van der Waals surface area contributed by atoms with Gasteiger partial charge in [0.2, 0.25) is 0 Å². The summed E-state index contributed by atoms with van der Waals surface area (Å²) in [4.78, 5) is 0. The molecule has 94 valence electrons. The standard InChI is InChI=1S/C14H27NO/c1-10-6-11(9-15-8-10)12-7-13(2,3)16-14(12,4)5/h10-12,15H,6-9H2,1-5H3. The number of nitrogens with one attached hydrogen (secondary N) is 1. The van der Waals surface area contributed by atoms with Gasteiger partial charge in [0.1, 0.15) is 0 Å². The first-order chi connectivity index (χ1) is 7.30. The zero-order valence-electron chi connectivity index (χ0n) is 11.5. The summed E-state index contributed by atoms with van der Waals surface area (Å²) < 4.78 is 6.21. The molecule has 2 heterocycles. The molecule has 2 aliphatic rings. The van der Waals surface area contributed by atoms with E-state index in [2.05, 4.69) is 39.9 Å². The fraction of sp³-hybridized carbons (Fsp3) is 1.00. The molecule has 0 aromatic carbocycles. The van der Waals surface area contributed by atoms with Crippen molar-refractivity contribution in [3.63, 3.8) is 0 Å². The lowest BCUT2D eigenvalue weighted by molar-refractivity contribution is -0.0815. The molecule has 2 nitrogen and oxygen atoms in total. The smallest absolute Gasteiger partial charge is 0.0666 e. The maximum absolute atomic E-state index is 6.21. The summed E-state index contributed by atoms with van der Waals surface area (Å²) in [5, 5.41) is 3.57. The normalized spacial score (nSPS) is 42.2. The van der Waals surface area contributed by atoms with Crippen molar-refractivity contribution in [1.82, 2.24) is 5.32 Å². The van der Waals surface area contributed by atoms with Crippen LogP contribution >= 0.6 is 0 Å². The van der Waals surface area contributed by atoms with Crippen LogP contribution in [0.4, 0.5) is 0 Å². The Hall–Kier alpha value is -0.0800. The van der Waals surface area contributed by atoms with Crippen LogP contribution in [0.3, 0.4) is 0 Å². The molecule has 2 rings (SSSR count). The van der Waals surface area contributed by atoms with Crippen molar-refractivity contribution in [3.05, 3.63) is 0 Å². The van der Waals surface area contributed by atoms with E-state index in [1.54, 1.807) is 0 Å². The first-order valence-electron chi connectivity index (χ1n) is 6.71. The Morgan fingerprint density at radius 1 is 1.12 bits per heavy atom. The highest BCUT2D eigenvalue weighted by Gasteiger charge is 2.49. The second kappa shape index (κ2) is 3.99. The molecular weight excluding hydrogens is 198 g/mol. The summed E-state index contributed by atoms with van der Waals surface area (Å²) in [6, 6.07) is 0. The topological polar surface area (TPSA) is 21.3 Å². The number of hydrogen-bond acceptors (Lipinski definition) is 2. The van der Waals surface area contributed by atoms with E-state index < -0.39 is 0 Å². The van der Waals surface area contributed by atoms with Crippen LogP contribution in [0.25, 0.3) is 0 Å². The molecule has 2 aliphatic heterocycles. The molecule has 0 aromatic rings. The van der Waals surface area contributed by atoms with E-state index in [1.807, 2.05) is 0 Å². The van der Waals surface area contributed by atoms with Crippen molar-refractivity contribution < 1.29 is 4.74 Å². The lowest BCUT2D eigenvalue weighted by Gasteiger charge is -2.37. The van der Waals surface area contributed by atoms with Gasteiger partial charge in [-0.2, -0.15) is 0 Å². The molecule has 2 saturated heterocycles. The van der Waals surface area contributed by atoms with Crippen molar-refractivity contribution >= 4 is 0 Å². The fourth-order valence-electron chi connectivity index (χ4n) is 3.84. The molecule has 2 heteroatoms. The van der Waals surface area contributed by atoms with Gasteiger partial charge < -0.3 is 10.1 Å². The molecule has 16 heavy (non-hydrogen) atoms. The van der Waals surface area contributed by atoms with Crippen LogP contribution in [-0.2, 0) is 4.74 Å². The predicted molar refractivity (Wildman–Crippen MR) is 67.5 cm³/mol. The van der Waals surface area contributed by atoms with Crippen molar-refractivity contribution in [2.75, 3.05) is 13.1 Å². The van der Waals surface area contributed by atoms with E-state index in [0.29, 0.717) is 5.92 Å². The molecule has 3 atom stereocenters. The van der Waals surface area contributed by atoms with E-state index in [9.17, 15) is 0 Å². The number of ether oxygens (including phenoxy) is 1. The van der Waals surface area contributed by atoms with Gasteiger partial charge in [-0.15, -0.1) is 0 Å². The third-order valence-corrected chi connectivity index (χ3v) is 4.32. The van der Waals surface area contributed by atoms with Crippen LogP contribution in [0.15, 0.2) is 0 Å². The monoisotopic (exact) mass is 225 g/mol. The second-order valence-electron chi connectivity index (χ2n) is 7.04. The van der Waals surface area contributed by atoms with Gasteiger partial charge in [-0.25, -0.2) is 0 Å². The largest absolute Gasteiger partial charge is 0.369 e. The fourth-order valence-corrected chi connectivity index (χ4v) is 3.84. The number of rotatable bonds is 1. The van der Waals surface area contributed by atoms with Crippen LogP contribution in [0.5, 0.6) is 0 Å². The summed E-state index contributed by atoms with van der Waals surface area (Å²) in [5.74, 6) is 2.32. The summed E-state index contributed by atoms with van der Waals surface area (Å²) >= 11 is 0. The van der Waals surface area contributed by atoms with Crippen molar-refractivity contribution in [2.24, 2.45) is 17.8 Å². The Labute approximate surface area is 100 Å². The molecule has 0 aliphatic carbocycles. The summed E-state index contributed by atoms with van der Waals surface area (Å²) in [6.07, 6.45) is 2.57. The van der Waals surface area contributed by atoms with Crippen molar-refractivity contribution in [3.8, 4) is 0 Å². The molecule has 0 spiro atoms. The van der Waals surface area contributed by atoms with Crippen LogP contribution in [0.1, 0.15) is 47.5 Å². The van der Waals surface area contributed by atoms with E-state index >= 15 is 0 Å². The SMILES string of the molecule is CC1CNCC(C2CC(C)(C)OC2(C)C)C1. The van der Waals surface area contributed by atoms with Crippen molar-refractivity contribution in [2.45, 2.75) is 58.7 Å². The Balaban J connectivity index is 2.08. The van der Waals surface area contributed by atoms with Crippen LogP contribution in [0, 0.1) is 17.8 Å². The van der Waals surface area contributed by atoms with E-state index in [-0.39, 0.29) is 11.2 Å². The van der Waals surface area contributed by atoms with Gasteiger partial charge in [-0.1, -0.05) is 6.92 Å². The third-order valence-electron chi connectivity index (χ3n) is 4.32. The Kier molecular flexibility index (Phi) is 3.09. The molecular formula is C14H27NO. The lowest BCUT2D eigenvalue weighted by Crippen LogP contribution is -2.43. The molecule has 2 fully saturated rings. The van der Waals surface area contributed by atoms with Gasteiger partial charge in [0.15, 0.2) is 0 Å². The summed E-state index contributed by atoms with van der Waals surface area (Å²) in [7, 11) is 0. The minimum Gasteiger partial charge on any atom is -0.369 e. The quantitative estimate of drug-likeness (QED) is 0.741. The molecule has 0 amide bonds. The number of piperidine rings is 1. The van der Waals surface area contributed by atoms with E-state index in [1.165, 1.54) is 25.9 Å². The van der Waals surface area contributed by atoms with E-state index in [4.69, 9.17) is 4.74 Å². The second-order valence-corrected chi connectivity index (χ2v) is 7.04. The Morgan fingerprint density at radius 2 is 1.81 bits per heavy atom. The minimum absolute atomic E-state index is 0.0485. The van der Waals surface area contributed by atoms with Gasteiger partial charge in [0.25, 0.3) is 0 Å². The first kappa shape index (κ1) is 12.4. The molecule has 1 N–H and O–H groups in total. The highest BCUT2D eigenvalue weighted by atomic mass is 16.5. The number of hydrogen-bond donors (Lipinski definition) is 1. The lowest BCUT2D eigenvalue weighted by atomic mass is 9.73. The maximum atomic E-state index is 6.21. The molecule has 0 radical (unpaired) electrons. The molecule has 0 bridgehead atoms. The predicted octanol–water partition coefficient (Wildman–Crippen LogP) is 2.83. The van der Waals surface area contributed by atoms with Crippen molar-refractivity contribution in [1.29, 1.82) is 0 Å². The van der Waals surface area contributed by atoms with Crippen LogP contribution in [-0.4, -0.2) is 24.3 Å². The first-order valence-corrected chi connectivity index (χ1v) is 6.71. The summed E-state index contributed by atoms with van der Waals surface area (Å²) in [6.45, 7) is 13.7. The highest BCUT2D eigenvalue weighted by Crippen LogP contribution is 2.47. The molecule has 0 aromatic heterocycles. The van der Waals surface area contributed by atoms with Gasteiger partial charge in [-0.3, -0.25) is 0 Å². The molecule has 0 saturated carbocycles. The maximum Gasteiger partial charge on any atom is 0.0666 e. The van der Waals surface area contributed by atoms with Gasteiger partial charge in [0.05, 0.1) is 11.2 Å². The average molecular weight is 225 g/mol. The van der Waals surface area contributed by atoms with Gasteiger partial charge in [0, 0.05) is 0 Å². The minimum atomic E-state index is 0.0485. The highest BCUT2D eigenvalue weighted by molar-refractivity contribution is 4.98. The van der Waals surface area contributed by atoms with Gasteiger partial charge >= 0.3 is 0 Å². The molecule has 3 unspecified atom stereocenters. The summed E-state index contributed by atoms with van der Waals surface area (Å²) in [5.41, 5.74) is 0.113. The van der Waals surface area contributed by atoms with E-state index in [0.717, 1.165) is 11.8 Å². The zero-order chi connectivity index (χ0) is 12.0. The van der Waals surface area contributed by atoms with Crippen LogP contribution < -0.4 is 5.32 Å². The Bertz CT molecular complexity index is 259. The average Bonchev–Trinajstić information content (AvgIpc) is 2.34. The zero-order valence-corrected chi connectivity index (χ0v) is 11.5.